The third-order valence-corrected chi connectivity index (χ3v) is 13.6. The number of thioether (sulfide) groups is 1. The van der Waals surface area contributed by atoms with Crippen molar-refractivity contribution in [3.63, 3.8) is 0 Å². The maximum absolute atomic E-state index is 13.1. The Labute approximate surface area is 357 Å². The molecule has 1 aromatic rings. The van der Waals surface area contributed by atoms with Gasteiger partial charge < -0.3 is 55.6 Å². The van der Waals surface area contributed by atoms with E-state index in [2.05, 4.69) is 31.1 Å². The number of morpholine rings is 1. The molecule has 19 nitrogen and oxygen atoms in total. The molecule has 0 saturated carbocycles. The van der Waals surface area contributed by atoms with Crippen LogP contribution < -0.4 is 31.1 Å². The number of urea groups is 1. The fraction of sp³-hybridized carbons (Fsp3) is 0.800. The third-order valence-electron chi connectivity index (χ3n) is 12.1. The highest BCUT2D eigenvalue weighted by atomic mass is 32.2. The molecule has 5 saturated heterocycles. The lowest BCUT2D eigenvalue weighted by molar-refractivity contribution is -0.159. The van der Waals surface area contributed by atoms with E-state index in [1.54, 1.807) is 0 Å². The number of anilines is 3. The lowest BCUT2D eigenvalue weighted by atomic mass is 10.0. The quantitative estimate of drug-likeness (QED) is 0.0805. The molecule has 0 aliphatic carbocycles. The van der Waals surface area contributed by atoms with Crippen LogP contribution in [0.25, 0.3) is 0 Å². The van der Waals surface area contributed by atoms with Crippen LogP contribution in [-0.4, -0.2) is 185 Å². The molecule has 6 heterocycles. The van der Waals surface area contributed by atoms with E-state index in [1.165, 1.54) is 23.8 Å². The van der Waals surface area contributed by atoms with Crippen LogP contribution >= 0.6 is 11.8 Å². The summed E-state index contributed by atoms with van der Waals surface area (Å²) in [5.41, 5.74) is 0. The van der Waals surface area contributed by atoms with Crippen LogP contribution in [0.1, 0.15) is 84.0 Å². The van der Waals surface area contributed by atoms with E-state index in [0.717, 1.165) is 96.0 Å². The van der Waals surface area contributed by atoms with Gasteiger partial charge in [0.1, 0.15) is 19.1 Å². The van der Waals surface area contributed by atoms with Crippen molar-refractivity contribution in [1.82, 2.24) is 45.6 Å². The molecular formula is C40H66N12O7S. The minimum atomic E-state index is -1.02. The fourth-order valence-corrected chi connectivity index (χ4v) is 10.1. The summed E-state index contributed by atoms with van der Waals surface area (Å²) in [5.74, 6) is 2.00. The minimum Gasteiger partial charge on any atom is -0.391 e. The first-order valence-corrected chi connectivity index (χ1v) is 23.2. The molecule has 0 aromatic carbocycles. The number of nitrogens with one attached hydrogen (secondary N) is 4. The summed E-state index contributed by atoms with van der Waals surface area (Å²) in [7, 11) is 1.49. The molecule has 6 rings (SSSR count). The van der Waals surface area contributed by atoms with Gasteiger partial charge in [-0.15, -0.1) is 0 Å². The summed E-state index contributed by atoms with van der Waals surface area (Å²) in [6.45, 7) is 7.67. The summed E-state index contributed by atoms with van der Waals surface area (Å²) in [6.07, 6.45) is 10.7. The molecule has 5 aliphatic heterocycles. The highest BCUT2D eigenvalue weighted by molar-refractivity contribution is 8.00. The normalized spacial score (nSPS) is 23.7. The molecule has 0 spiro atoms. The van der Waals surface area contributed by atoms with Crippen molar-refractivity contribution in [2.45, 2.75) is 113 Å². The second kappa shape index (κ2) is 22.6. The number of nitrogens with zero attached hydrogens (tertiary/aromatic N) is 8. The molecule has 0 unspecified atom stereocenters. The number of carbonyl (C=O) groups excluding carboxylic acids is 5. The van der Waals surface area contributed by atoms with Gasteiger partial charge in [-0.25, -0.2) is 4.79 Å². The molecule has 0 bridgehead atoms. The van der Waals surface area contributed by atoms with Gasteiger partial charge in [0.2, 0.25) is 41.5 Å². The number of aliphatic hydroxyl groups is 1. The monoisotopic (exact) mass is 858 g/mol. The van der Waals surface area contributed by atoms with Gasteiger partial charge in [-0.2, -0.15) is 26.7 Å². The topological polar surface area (TPSA) is 218 Å². The number of amides is 6. The van der Waals surface area contributed by atoms with Gasteiger partial charge in [-0.1, -0.05) is 44.9 Å². The molecule has 5 fully saturated rings. The van der Waals surface area contributed by atoms with E-state index in [1.807, 2.05) is 16.7 Å². The number of ether oxygens (including phenoxy) is 1. The van der Waals surface area contributed by atoms with Crippen LogP contribution in [0, 0.1) is 0 Å². The number of likely N-dealkylation sites (N-methyl/N-ethyl adjacent to an activating group) is 1. The molecule has 60 heavy (non-hydrogen) atoms. The van der Waals surface area contributed by atoms with Crippen molar-refractivity contribution >= 4 is 59.3 Å². The molecule has 5 atom stereocenters. The summed E-state index contributed by atoms with van der Waals surface area (Å²) in [5, 5.41) is 22.7. The highest BCUT2D eigenvalue weighted by Crippen LogP contribution is 2.33. The Balaban J connectivity index is 0.816. The number of rotatable bonds is 22. The number of aromatic nitrogens is 3. The summed E-state index contributed by atoms with van der Waals surface area (Å²) in [4.78, 5) is 85.3. The molecule has 5 aliphatic rings. The van der Waals surface area contributed by atoms with Crippen molar-refractivity contribution < 1.29 is 33.8 Å². The van der Waals surface area contributed by atoms with Crippen molar-refractivity contribution in [3.05, 3.63) is 0 Å². The summed E-state index contributed by atoms with van der Waals surface area (Å²) >= 11 is 1.94. The average molecular weight is 859 g/mol. The summed E-state index contributed by atoms with van der Waals surface area (Å²) in [6, 6.07) is -0.545. The van der Waals surface area contributed by atoms with E-state index in [9.17, 15) is 29.1 Å². The van der Waals surface area contributed by atoms with Crippen molar-refractivity contribution in [1.29, 1.82) is 0 Å². The Morgan fingerprint density at radius 1 is 0.850 bits per heavy atom. The smallest absolute Gasteiger partial charge is 0.315 e. The van der Waals surface area contributed by atoms with E-state index >= 15 is 0 Å². The predicted octanol–water partition coefficient (Wildman–Crippen LogP) is 0.782. The standard InChI is InChI=1S/C40H66N12O7S/c1-28(53)35-36(57)52(26-33(56)48(35)2)25-31(54)41-15-11-8-6-4-3-5-7-9-14-32(55)49-17-19-50(20-18-49)38-45-37(46-39(47-38)51-21-23-59-24-22-51)42-16-12-10-13-30-34-29(27-60-30)43-40(58)44-34/h28-30,34-35,53H,3-27H2,1-2H3,(H,41,54)(H2,43,44,58)(H,42,45,46,47)/t28-,29+,30+,34+,35+/m1/s1. The molecule has 1 aromatic heterocycles. The maximum atomic E-state index is 13.1. The number of piperazine rings is 2. The van der Waals surface area contributed by atoms with E-state index in [-0.39, 0.29) is 48.9 Å². The largest absolute Gasteiger partial charge is 0.391 e. The molecule has 334 valence electrons. The zero-order chi connectivity index (χ0) is 42.4. The van der Waals surface area contributed by atoms with Crippen LogP contribution in [0.4, 0.5) is 22.6 Å². The number of hydrogen-bond donors (Lipinski definition) is 5. The second-order valence-electron chi connectivity index (χ2n) is 16.6. The first-order chi connectivity index (χ1) is 29.1. The van der Waals surface area contributed by atoms with Gasteiger partial charge in [0.05, 0.1) is 31.4 Å². The van der Waals surface area contributed by atoms with Gasteiger partial charge >= 0.3 is 6.03 Å². The minimum absolute atomic E-state index is 0.0469. The Kier molecular flexibility index (Phi) is 17.1. The Hall–Kier alpha value is -4.17. The van der Waals surface area contributed by atoms with Crippen LogP contribution in [0.3, 0.4) is 0 Å². The Morgan fingerprint density at radius 3 is 2.20 bits per heavy atom. The molecule has 0 radical (unpaired) electrons. The zero-order valence-corrected chi connectivity index (χ0v) is 36.3. The van der Waals surface area contributed by atoms with Crippen molar-refractivity contribution in [3.8, 4) is 0 Å². The number of unbranched alkanes of at least 4 members (excludes halogenated alkanes) is 8. The van der Waals surface area contributed by atoms with E-state index < -0.39 is 18.1 Å². The Morgan fingerprint density at radius 2 is 1.50 bits per heavy atom. The number of carbonyl (C=O) groups is 5. The van der Waals surface area contributed by atoms with Crippen LogP contribution in [0.2, 0.25) is 0 Å². The van der Waals surface area contributed by atoms with Crippen LogP contribution in [-0.2, 0) is 23.9 Å². The van der Waals surface area contributed by atoms with E-state index in [0.29, 0.717) is 75.5 Å². The van der Waals surface area contributed by atoms with Gasteiger partial charge in [0, 0.05) is 76.8 Å². The highest BCUT2D eigenvalue weighted by Gasteiger charge is 2.43. The summed E-state index contributed by atoms with van der Waals surface area (Å²) < 4.78 is 5.57. The molecule has 6 amide bonds. The maximum Gasteiger partial charge on any atom is 0.315 e. The van der Waals surface area contributed by atoms with Crippen LogP contribution in [0.5, 0.6) is 0 Å². The van der Waals surface area contributed by atoms with Gasteiger partial charge in [0.15, 0.2) is 0 Å². The average Bonchev–Trinajstić information content (AvgIpc) is 3.80. The SMILES string of the molecule is C[C@@H](O)[C@H]1C(=O)N(CC(=O)NCCCCCCCCCCC(=O)N2CCN(c3nc(NCCCC[C@@H]4SC[C@@H]5NC(=O)N[C@@H]54)nc(N4CCOCC4)n3)CC2)CC(=O)N1C. The third kappa shape index (κ3) is 12.7. The Bertz CT molecular complexity index is 1610. The lowest BCUT2D eigenvalue weighted by Gasteiger charge is -2.39. The number of aliphatic hydroxyl groups excluding tert-OH is 1. The van der Waals surface area contributed by atoms with Gasteiger partial charge in [-0.3, -0.25) is 19.2 Å². The van der Waals surface area contributed by atoms with E-state index in [4.69, 9.17) is 19.7 Å². The molecular weight excluding hydrogens is 793 g/mol. The number of fused-ring (bicyclic) bond motifs is 1. The second-order valence-corrected chi connectivity index (χ2v) is 17.9. The van der Waals surface area contributed by atoms with Crippen LogP contribution in [0.15, 0.2) is 0 Å². The first kappa shape index (κ1) is 45.4. The van der Waals surface area contributed by atoms with Gasteiger partial charge in [-0.05, 0) is 32.6 Å². The number of hydrogen-bond acceptors (Lipinski definition) is 14. The predicted molar refractivity (Wildman–Crippen MR) is 229 cm³/mol. The fourth-order valence-electron chi connectivity index (χ4n) is 8.55. The van der Waals surface area contributed by atoms with Gasteiger partial charge in [0.25, 0.3) is 0 Å². The molecule has 5 N–H and O–H groups in total. The molecule has 20 heteroatoms. The van der Waals surface area contributed by atoms with Crippen molar-refractivity contribution in [2.24, 2.45) is 0 Å². The lowest BCUT2D eigenvalue weighted by Crippen LogP contribution is -2.63. The van der Waals surface area contributed by atoms with Crippen molar-refractivity contribution in [2.75, 3.05) is 107 Å². The first-order valence-electron chi connectivity index (χ1n) is 22.1. The zero-order valence-electron chi connectivity index (χ0n) is 35.4.